The van der Waals surface area contributed by atoms with E-state index in [4.69, 9.17) is 4.42 Å². The number of pyridine rings is 1. The summed E-state index contributed by atoms with van der Waals surface area (Å²) in [4.78, 5) is 16.7. The van der Waals surface area contributed by atoms with Crippen molar-refractivity contribution >= 4 is 11.6 Å². The number of hydrogen-bond acceptors (Lipinski definition) is 4. The maximum absolute atomic E-state index is 12.3. The average molecular weight is 299 g/mol. The molecule has 0 radical (unpaired) electrons. The molecule has 0 bridgehead atoms. The predicted octanol–water partition coefficient (Wildman–Crippen LogP) is 2.09. The molecule has 6 nitrogen and oxygen atoms in total. The molecule has 0 fully saturated rings. The SMILES string of the molecule is Cc1nc2ccccn2c1C(=O)NCCC(O)c1ccoc1. The highest BCUT2D eigenvalue weighted by atomic mass is 16.3. The van der Waals surface area contributed by atoms with Crippen LogP contribution in [0, 0.1) is 6.92 Å². The third kappa shape index (κ3) is 2.73. The van der Waals surface area contributed by atoms with Crippen LogP contribution < -0.4 is 5.32 Å². The Hall–Kier alpha value is -2.60. The fourth-order valence-electron chi connectivity index (χ4n) is 2.42. The second-order valence-electron chi connectivity index (χ2n) is 5.09. The van der Waals surface area contributed by atoms with E-state index in [0.29, 0.717) is 29.9 Å². The minimum atomic E-state index is -0.651. The Balaban J connectivity index is 1.65. The number of aryl methyl sites for hydroxylation is 1. The first-order chi connectivity index (χ1) is 10.7. The summed E-state index contributed by atoms with van der Waals surface area (Å²) in [7, 11) is 0. The van der Waals surface area contributed by atoms with Gasteiger partial charge in [-0.05, 0) is 31.5 Å². The van der Waals surface area contributed by atoms with Crippen LogP contribution in [0.2, 0.25) is 0 Å². The van der Waals surface area contributed by atoms with E-state index in [1.807, 2.05) is 31.3 Å². The van der Waals surface area contributed by atoms with Crippen molar-refractivity contribution in [3.05, 3.63) is 59.9 Å². The zero-order valence-electron chi connectivity index (χ0n) is 12.2. The van der Waals surface area contributed by atoms with Gasteiger partial charge in [0.05, 0.1) is 24.3 Å². The third-order valence-electron chi connectivity index (χ3n) is 3.55. The summed E-state index contributed by atoms with van der Waals surface area (Å²) >= 11 is 0. The van der Waals surface area contributed by atoms with E-state index in [0.717, 1.165) is 5.65 Å². The number of furan rings is 1. The Labute approximate surface area is 127 Å². The summed E-state index contributed by atoms with van der Waals surface area (Å²) in [6.45, 7) is 2.17. The van der Waals surface area contributed by atoms with Gasteiger partial charge in [0.2, 0.25) is 0 Å². The highest BCUT2D eigenvalue weighted by molar-refractivity contribution is 5.94. The van der Waals surface area contributed by atoms with Crippen LogP contribution in [0.1, 0.15) is 34.3 Å². The molecule has 0 spiro atoms. The minimum Gasteiger partial charge on any atom is -0.472 e. The lowest BCUT2D eigenvalue weighted by Gasteiger charge is -2.09. The number of amides is 1. The van der Waals surface area contributed by atoms with Gasteiger partial charge in [0.15, 0.2) is 0 Å². The molecular formula is C16H17N3O3. The van der Waals surface area contributed by atoms with Gasteiger partial charge in [-0.1, -0.05) is 6.07 Å². The van der Waals surface area contributed by atoms with Crippen molar-refractivity contribution in [1.82, 2.24) is 14.7 Å². The molecule has 22 heavy (non-hydrogen) atoms. The summed E-state index contributed by atoms with van der Waals surface area (Å²) in [6, 6.07) is 7.30. The van der Waals surface area contributed by atoms with Crippen molar-refractivity contribution < 1.29 is 14.3 Å². The van der Waals surface area contributed by atoms with Crippen LogP contribution in [-0.4, -0.2) is 26.9 Å². The number of carbonyl (C=O) groups excluding carboxylic acids is 1. The van der Waals surface area contributed by atoms with Gasteiger partial charge >= 0.3 is 0 Å². The largest absolute Gasteiger partial charge is 0.472 e. The van der Waals surface area contributed by atoms with E-state index in [9.17, 15) is 9.90 Å². The predicted molar refractivity (Wildman–Crippen MR) is 80.5 cm³/mol. The molecule has 1 unspecified atom stereocenters. The summed E-state index contributed by atoms with van der Waals surface area (Å²) in [5.74, 6) is -0.199. The van der Waals surface area contributed by atoms with Crippen molar-refractivity contribution in [2.75, 3.05) is 6.54 Å². The lowest BCUT2D eigenvalue weighted by molar-refractivity contribution is 0.0936. The van der Waals surface area contributed by atoms with E-state index < -0.39 is 6.10 Å². The first-order valence-electron chi connectivity index (χ1n) is 7.09. The number of carbonyl (C=O) groups is 1. The molecule has 1 amide bonds. The van der Waals surface area contributed by atoms with Crippen LogP contribution in [0.3, 0.4) is 0 Å². The number of imidazole rings is 1. The van der Waals surface area contributed by atoms with Crippen LogP contribution in [0.15, 0.2) is 47.4 Å². The topological polar surface area (TPSA) is 79.8 Å². The quantitative estimate of drug-likeness (QED) is 0.756. The molecule has 0 aliphatic carbocycles. The van der Waals surface area contributed by atoms with Gasteiger partial charge in [0, 0.05) is 18.3 Å². The van der Waals surface area contributed by atoms with Crippen LogP contribution in [-0.2, 0) is 0 Å². The molecular weight excluding hydrogens is 282 g/mol. The minimum absolute atomic E-state index is 0.199. The van der Waals surface area contributed by atoms with Crippen LogP contribution in [0.5, 0.6) is 0 Å². The van der Waals surface area contributed by atoms with Gasteiger partial charge in [-0.25, -0.2) is 4.98 Å². The maximum atomic E-state index is 12.3. The normalized spacial score (nSPS) is 12.5. The highest BCUT2D eigenvalue weighted by Gasteiger charge is 2.16. The molecule has 6 heteroatoms. The number of nitrogens with zero attached hydrogens (tertiary/aromatic N) is 2. The van der Waals surface area contributed by atoms with Gasteiger partial charge in [0.25, 0.3) is 5.91 Å². The van der Waals surface area contributed by atoms with E-state index in [1.165, 1.54) is 12.5 Å². The Kier molecular flexibility index (Phi) is 3.93. The Morgan fingerprint density at radius 2 is 2.32 bits per heavy atom. The van der Waals surface area contributed by atoms with Gasteiger partial charge in [-0.3, -0.25) is 9.20 Å². The molecule has 3 aromatic heterocycles. The van der Waals surface area contributed by atoms with Gasteiger partial charge in [0.1, 0.15) is 11.3 Å². The highest BCUT2D eigenvalue weighted by Crippen LogP contribution is 2.16. The monoisotopic (exact) mass is 299 g/mol. The van der Waals surface area contributed by atoms with Crippen molar-refractivity contribution in [2.45, 2.75) is 19.4 Å². The van der Waals surface area contributed by atoms with Crippen LogP contribution >= 0.6 is 0 Å². The molecule has 3 rings (SSSR count). The van der Waals surface area contributed by atoms with Crippen molar-refractivity contribution in [3.8, 4) is 0 Å². The zero-order chi connectivity index (χ0) is 15.5. The molecule has 0 saturated heterocycles. The Morgan fingerprint density at radius 1 is 1.45 bits per heavy atom. The molecule has 0 aliphatic heterocycles. The fourth-order valence-corrected chi connectivity index (χ4v) is 2.42. The zero-order valence-corrected chi connectivity index (χ0v) is 12.2. The first kappa shape index (κ1) is 14.3. The summed E-state index contributed by atoms with van der Waals surface area (Å²) < 4.78 is 6.69. The number of hydrogen-bond donors (Lipinski definition) is 2. The summed E-state index contributed by atoms with van der Waals surface area (Å²) in [5, 5.41) is 12.8. The lowest BCUT2D eigenvalue weighted by atomic mass is 10.1. The summed E-state index contributed by atoms with van der Waals surface area (Å²) in [5.41, 5.74) is 2.65. The number of rotatable bonds is 5. The fraction of sp³-hybridized carbons (Fsp3) is 0.250. The summed E-state index contributed by atoms with van der Waals surface area (Å²) in [6.07, 6.45) is 4.59. The second-order valence-corrected chi connectivity index (χ2v) is 5.09. The van der Waals surface area contributed by atoms with Gasteiger partial charge in [-0.15, -0.1) is 0 Å². The first-order valence-corrected chi connectivity index (χ1v) is 7.09. The molecule has 2 N–H and O–H groups in total. The number of aliphatic hydroxyl groups excluding tert-OH is 1. The van der Waals surface area contributed by atoms with Crippen molar-refractivity contribution in [3.63, 3.8) is 0 Å². The Bertz CT molecular complexity index is 777. The lowest BCUT2D eigenvalue weighted by Crippen LogP contribution is -2.27. The van der Waals surface area contributed by atoms with E-state index in [2.05, 4.69) is 10.3 Å². The van der Waals surface area contributed by atoms with Crippen molar-refractivity contribution in [2.24, 2.45) is 0 Å². The number of aliphatic hydroxyl groups is 1. The van der Waals surface area contributed by atoms with Gasteiger partial charge < -0.3 is 14.8 Å². The third-order valence-corrected chi connectivity index (χ3v) is 3.55. The van der Waals surface area contributed by atoms with Crippen LogP contribution in [0.25, 0.3) is 5.65 Å². The van der Waals surface area contributed by atoms with Crippen LogP contribution in [0.4, 0.5) is 0 Å². The molecule has 3 aromatic rings. The van der Waals surface area contributed by atoms with Crippen molar-refractivity contribution in [1.29, 1.82) is 0 Å². The molecule has 114 valence electrons. The van der Waals surface area contributed by atoms with E-state index in [1.54, 1.807) is 10.5 Å². The molecule has 3 heterocycles. The standard InChI is InChI=1S/C16H17N3O3/c1-11-15(19-8-3-2-4-14(19)18-11)16(21)17-7-5-13(20)12-6-9-22-10-12/h2-4,6,8-10,13,20H,5,7H2,1H3,(H,17,21). The average Bonchev–Trinajstić information content (AvgIpc) is 3.13. The number of fused-ring (bicyclic) bond motifs is 1. The molecule has 0 aliphatic rings. The van der Waals surface area contributed by atoms with E-state index in [-0.39, 0.29) is 5.91 Å². The second kappa shape index (κ2) is 6.03. The smallest absolute Gasteiger partial charge is 0.270 e. The number of aromatic nitrogens is 2. The maximum Gasteiger partial charge on any atom is 0.270 e. The molecule has 0 aromatic carbocycles. The Morgan fingerprint density at radius 3 is 3.09 bits per heavy atom. The molecule has 1 atom stereocenters. The van der Waals surface area contributed by atoms with E-state index >= 15 is 0 Å². The molecule has 0 saturated carbocycles. The van der Waals surface area contributed by atoms with Gasteiger partial charge in [-0.2, -0.15) is 0 Å². The number of nitrogens with one attached hydrogen (secondary N) is 1.